The molecular weight excluding hydrogens is 448 g/mol. The van der Waals surface area contributed by atoms with Crippen LogP contribution in [0.5, 0.6) is 0 Å². The van der Waals surface area contributed by atoms with Gasteiger partial charge in [0.1, 0.15) is 0 Å². The Morgan fingerprint density at radius 2 is 1.94 bits per heavy atom. The van der Waals surface area contributed by atoms with Gasteiger partial charge in [-0.15, -0.1) is 0 Å². The van der Waals surface area contributed by atoms with Crippen LogP contribution in [0.3, 0.4) is 0 Å². The van der Waals surface area contributed by atoms with Gasteiger partial charge >= 0.3 is 0 Å². The van der Waals surface area contributed by atoms with Gasteiger partial charge in [-0.25, -0.2) is 0 Å². The number of oxime groups is 1. The number of hydrogen-bond donors (Lipinski definition) is 4. The third kappa shape index (κ3) is 5.44. The molecule has 2 atom stereocenters. The SMILES string of the molecule is CC(C)(C)c1ccc(N2CCO[C@H]([C@@H](O)C(=O)Nc3ccc(/C(N)=N/O)cc3Cl)C2=O)cc1. The van der Waals surface area contributed by atoms with E-state index in [2.05, 4.69) is 31.2 Å². The Labute approximate surface area is 196 Å². The zero-order valence-electron chi connectivity index (χ0n) is 18.6. The summed E-state index contributed by atoms with van der Waals surface area (Å²) in [6.45, 7) is 6.77. The van der Waals surface area contributed by atoms with Gasteiger partial charge in [0, 0.05) is 17.8 Å². The van der Waals surface area contributed by atoms with E-state index in [1.54, 1.807) is 0 Å². The number of anilines is 2. The Hall–Kier alpha value is -3.14. The summed E-state index contributed by atoms with van der Waals surface area (Å²) >= 11 is 6.15. The summed E-state index contributed by atoms with van der Waals surface area (Å²) in [7, 11) is 0. The number of nitrogens with two attached hydrogens (primary N) is 1. The van der Waals surface area contributed by atoms with Crippen molar-refractivity contribution in [1.29, 1.82) is 0 Å². The Balaban J connectivity index is 1.72. The van der Waals surface area contributed by atoms with Crippen molar-refractivity contribution in [3.63, 3.8) is 0 Å². The fraction of sp³-hybridized carbons (Fsp3) is 0.348. The number of amides is 2. The van der Waals surface area contributed by atoms with Gasteiger partial charge in [0.05, 0.1) is 17.3 Å². The molecule has 1 fully saturated rings. The lowest BCUT2D eigenvalue weighted by molar-refractivity contribution is -0.150. The Morgan fingerprint density at radius 3 is 2.52 bits per heavy atom. The Bertz CT molecular complexity index is 1070. The molecule has 2 amide bonds. The fourth-order valence-electron chi connectivity index (χ4n) is 3.41. The maximum absolute atomic E-state index is 13.0. The maximum atomic E-state index is 13.0. The van der Waals surface area contributed by atoms with Crippen molar-refractivity contribution in [2.45, 2.75) is 38.4 Å². The fourth-order valence-corrected chi connectivity index (χ4v) is 3.64. The molecule has 1 aliphatic rings. The lowest BCUT2D eigenvalue weighted by Gasteiger charge is -2.34. The van der Waals surface area contributed by atoms with Crippen LogP contribution in [0.25, 0.3) is 0 Å². The molecule has 3 rings (SSSR count). The van der Waals surface area contributed by atoms with E-state index >= 15 is 0 Å². The first kappa shape index (κ1) is 24.5. The van der Waals surface area contributed by atoms with E-state index in [0.717, 1.165) is 5.56 Å². The molecule has 9 nitrogen and oxygen atoms in total. The number of carbonyl (C=O) groups excluding carboxylic acids is 2. The summed E-state index contributed by atoms with van der Waals surface area (Å²) in [6.07, 6.45) is -3.12. The average Bonchev–Trinajstić information content (AvgIpc) is 2.79. The Morgan fingerprint density at radius 1 is 1.27 bits per heavy atom. The Kier molecular flexibility index (Phi) is 7.26. The number of halogens is 1. The van der Waals surface area contributed by atoms with Gasteiger partial charge in [0.2, 0.25) is 0 Å². The predicted molar refractivity (Wildman–Crippen MR) is 126 cm³/mol. The van der Waals surface area contributed by atoms with E-state index < -0.39 is 24.0 Å². The monoisotopic (exact) mass is 474 g/mol. The molecule has 0 aliphatic carbocycles. The average molecular weight is 475 g/mol. The van der Waals surface area contributed by atoms with Crippen molar-refractivity contribution in [3.05, 3.63) is 58.6 Å². The number of amidine groups is 1. The van der Waals surface area contributed by atoms with Crippen LogP contribution in [0.2, 0.25) is 5.02 Å². The first-order valence-electron chi connectivity index (χ1n) is 10.3. The van der Waals surface area contributed by atoms with E-state index in [4.69, 9.17) is 27.3 Å². The van der Waals surface area contributed by atoms with E-state index in [9.17, 15) is 14.7 Å². The molecule has 2 aromatic carbocycles. The highest BCUT2D eigenvalue weighted by atomic mass is 35.5. The topological polar surface area (TPSA) is 137 Å². The summed E-state index contributed by atoms with van der Waals surface area (Å²) in [5, 5.41) is 24.8. The summed E-state index contributed by atoms with van der Waals surface area (Å²) in [4.78, 5) is 27.1. The minimum atomic E-state index is -1.76. The van der Waals surface area contributed by atoms with Gasteiger partial charge in [-0.3, -0.25) is 9.59 Å². The second kappa shape index (κ2) is 9.78. The van der Waals surface area contributed by atoms with Gasteiger partial charge < -0.3 is 31.0 Å². The van der Waals surface area contributed by atoms with Crippen LogP contribution in [-0.2, 0) is 19.7 Å². The summed E-state index contributed by atoms with van der Waals surface area (Å²) in [5.41, 5.74) is 7.81. The molecule has 0 unspecified atom stereocenters. The van der Waals surface area contributed by atoms with Gasteiger partial charge in [-0.1, -0.05) is 49.7 Å². The van der Waals surface area contributed by atoms with E-state index in [-0.39, 0.29) is 28.6 Å². The number of nitrogens with one attached hydrogen (secondary N) is 1. The number of morpholine rings is 1. The lowest BCUT2D eigenvalue weighted by Crippen LogP contribution is -2.55. The molecule has 0 radical (unpaired) electrons. The van der Waals surface area contributed by atoms with Crippen LogP contribution in [0.15, 0.2) is 47.6 Å². The molecule has 0 spiro atoms. The third-order valence-electron chi connectivity index (χ3n) is 5.35. The number of hydrogen-bond acceptors (Lipinski definition) is 6. The summed E-state index contributed by atoms with van der Waals surface area (Å²) < 4.78 is 5.44. The van der Waals surface area contributed by atoms with Crippen molar-refractivity contribution in [1.82, 2.24) is 0 Å². The number of carbonyl (C=O) groups is 2. The molecule has 33 heavy (non-hydrogen) atoms. The third-order valence-corrected chi connectivity index (χ3v) is 5.67. The number of nitrogens with zero attached hydrogens (tertiary/aromatic N) is 2. The molecular formula is C23H27ClN4O5. The van der Waals surface area contributed by atoms with Crippen LogP contribution in [-0.4, -0.2) is 53.3 Å². The summed E-state index contributed by atoms with van der Waals surface area (Å²) in [6, 6.07) is 11.9. The van der Waals surface area contributed by atoms with Gasteiger partial charge in [-0.2, -0.15) is 0 Å². The molecule has 5 N–H and O–H groups in total. The van der Waals surface area contributed by atoms with Crippen molar-refractivity contribution < 1.29 is 24.6 Å². The maximum Gasteiger partial charge on any atom is 0.259 e. The van der Waals surface area contributed by atoms with Crippen LogP contribution in [0.4, 0.5) is 11.4 Å². The highest BCUT2D eigenvalue weighted by molar-refractivity contribution is 6.34. The normalized spacial score (nSPS) is 18.2. The second-order valence-electron chi connectivity index (χ2n) is 8.69. The molecule has 1 saturated heterocycles. The van der Waals surface area contributed by atoms with Crippen LogP contribution < -0.4 is 16.0 Å². The van der Waals surface area contributed by atoms with Crippen molar-refractivity contribution >= 4 is 40.6 Å². The highest BCUT2D eigenvalue weighted by Crippen LogP contribution is 2.27. The number of rotatable bonds is 5. The van der Waals surface area contributed by atoms with Crippen molar-refractivity contribution in [2.75, 3.05) is 23.4 Å². The number of aliphatic hydroxyl groups is 1. The molecule has 1 aliphatic heterocycles. The molecule has 0 aromatic heterocycles. The molecule has 1 heterocycles. The van der Waals surface area contributed by atoms with Gasteiger partial charge in [0.25, 0.3) is 11.8 Å². The van der Waals surface area contributed by atoms with Crippen molar-refractivity contribution in [3.8, 4) is 0 Å². The minimum absolute atomic E-state index is 0.0273. The minimum Gasteiger partial charge on any atom is -0.409 e. The summed E-state index contributed by atoms with van der Waals surface area (Å²) in [5.74, 6) is -1.51. The number of benzene rings is 2. The lowest BCUT2D eigenvalue weighted by atomic mass is 9.87. The van der Waals surface area contributed by atoms with Gasteiger partial charge in [-0.05, 0) is 41.3 Å². The first-order valence-corrected chi connectivity index (χ1v) is 10.7. The smallest absolute Gasteiger partial charge is 0.259 e. The van der Waals surface area contributed by atoms with E-state index in [1.165, 1.54) is 23.1 Å². The van der Waals surface area contributed by atoms with Crippen LogP contribution in [0.1, 0.15) is 31.9 Å². The van der Waals surface area contributed by atoms with E-state index in [1.807, 2.05) is 24.3 Å². The highest BCUT2D eigenvalue weighted by Gasteiger charge is 2.39. The van der Waals surface area contributed by atoms with Gasteiger partial charge in [0.15, 0.2) is 18.0 Å². The largest absolute Gasteiger partial charge is 0.409 e. The molecule has 2 aromatic rings. The molecule has 0 bridgehead atoms. The second-order valence-corrected chi connectivity index (χ2v) is 9.10. The number of ether oxygens (including phenoxy) is 1. The molecule has 176 valence electrons. The molecule has 0 saturated carbocycles. The predicted octanol–water partition coefficient (Wildman–Crippen LogP) is 2.46. The zero-order chi connectivity index (χ0) is 24.3. The van der Waals surface area contributed by atoms with Crippen LogP contribution in [0, 0.1) is 0 Å². The quantitative estimate of drug-likeness (QED) is 0.227. The molecule has 10 heteroatoms. The zero-order valence-corrected chi connectivity index (χ0v) is 19.3. The van der Waals surface area contributed by atoms with Crippen LogP contribution >= 0.6 is 11.6 Å². The van der Waals surface area contributed by atoms with E-state index in [0.29, 0.717) is 17.8 Å². The number of aliphatic hydroxyl groups excluding tert-OH is 1. The van der Waals surface area contributed by atoms with Crippen molar-refractivity contribution in [2.24, 2.45) is 10.9 Å². The standard InChI is InChI=1S/C23H27ClN4O5/c1-23(2,3)14-5-7-15(8-6-14)28-10-11-33-19(22(28)31)18(29)21(30)26-17-9-4-13(12-16(17)24)20(25)27-32/h4-9,12,18-19,29,32H,10-11H2,1-3H3,(H2,25,27)(H,26,30)/t18-,19-/m1/s1. The first-order chi connectivity index (χ1) is 15.5.